The second-order valence-corrected chi connectivity index (χ2v) is 5.69. The molecule has 0 fully saturated rings. The van der Waals surface area contributed by atoms with Crippen molar-refractivity contribution in [2.45, 2.75) is 33.2 Å². The first-order valence-corrected chi connectivity index (χ1v) is 7.59. The van der Waals surface area contributed by atoms with Crippen molar-refractivity contribution in [2.75, 3.05) is 6.54 Å². The van der Waals surface area contributed by atoms with E-state index < -0.39 is 0 Å². The lowest BCUT2D eigenvalue weighted by molar-refractivity contribution is 0.571. The van der Waals surface area contributed by atoms with Gasteiger partial charge in [-0.2, -0.15) is 0 Å². The SMILES string of the molecule is CCCNC(C)c1ccc(-c2ccc(C)cc2)cc1Cl. The quantitative estimate of drug-likeness (QED) is 0.779. The van der Waals surface area contributed by atoms with Gasteiger partial charge in [-0.25, -0.2) is 0 Å². The molecule has 2 aromatic rings. The second kappa shape index (κ2) is 6.92. The zero-order chi connectivity index (χ0) is 14.5. The van der Waals surface area contributed by atoms with E-state index in [9.17, 15) is 0 Å². The second-order valence-electron chi connectivity index (χ2n) is 5.28. The van der Waals surface area contributed by atoms with Crippen molar-refractivity contribution in [3.8, 4) is 11.1 Å². The molecular weight excluding hydrogens is 266 g/mol. The minimum absolute atomic E-state index is 0.287. The molecular formula is C18H22ClN. The summed E-state index contributed by atoms with van der Waals surface area (Å²) in [6.45, 7) is 7.43. The van der Waals surface area contributed by atoms with Crippen LogP contribution in [0, 0.1) is 6.92 Å². The molecule has 0 amide bonds. The normalized spacial score (nSPS) is 12.4. The van der Waals surface area contributed by atoms with Gasteiger partial charge in [-0.05, 0) is 49.6 Å². The molecule has 1 atom stereocenters. The van der Waals surface area contributed by atoms with Gasteiger partial charge in [0.2, 0.25) is 0 Å². The summed E-state index contributed by atoms with van der Waals surface area (Å²) in [6, 6.07) is 15.2. The van der Waals surface area contributed by atoms with Crippen molar-refractivity contribution in [1.82, 2.24) is 5.32 Å². The van der Waals surface area contributed by atoms with Gasteiger partial charge in [-0.1, -0.05) is 60.5 Å². The molecule has 2 aromatic carbocycles. The molecule has 2 rings (SSSR count). The van der Waals surface area contributed by atoms with Crippen LogP contribution in [0.1, 0.15) is 37.4 Å². The Hall–Kier alpha value is -1.31. The first-order chi connectivity index (χ1) is 9.61. The molecule has 0 heterocycles. The number of hydrogen-bond acceptors (Lipinski definition) is 1. The lowest BCUT2D eigenvalue weighted by atomic mass is 10.0. The average molecular weight is 288 g/mol. The summed E-state index contributed by atoms with van der Waals surface area (Å²) in [4.78, 5) is 0. The summed E-state index contributed by atoms with van der Waals surface area (Å²) in [5, 5.41) is 4.30. The monoisotopic (exact) mass is 287 g/mol. The van der Waals surface area contributed by atoms with Gasteiger partial charge in [0.1, 0.15) is 0 Å². The van der Waals surface area contributed by atoms with Crippen LogP contribution >= 0.6 is 11.6 Å². The van der Waals surface area contributed by atoms with Crippen LogP contribution in [0.3, 0.4) is 0 Å². The van der Waals surface area contributed by atoms with E-state index in [-0.39, 0.29) is 6.04 Å². The molecule has 1 nitrogen and oxygen atoms in total. The van der Waals surface area contributed by atoms with Gasteiger partial charge < -0.3 is 5.32 Å². The van der Waals surface area contributed by atoms with Crippen LogP contribution in [0.15, 0.2) is 42.5 Å². The number of nitrogens with one attached hydrogen (secondary N) is 1. The average Bonchev–Trinajstić information content (AvgIpc) is 2.45. The Balaban J connectivity index is 2.23. The highest BCUT2D eigenvalue weighted by Gasteiger charge is 2.10. The number of aryl methyl sites for hydroxylation is 1. The maximum Gasteiger partial charge on any atom is 0.0459 e. The zero-order valence-electron chi connectivity index (χ0n) is 12.4. The van der Waals surface area contributed by atoms with Gasteiger partial charge in [0.15, 0.2) is 0 Å². The van der Waals surface area contributed by atoms with Crippen molar-refractivity contribution in [3.63, 3.8) is 0 Å². The van der Waals surface area contributed by atoms with Crippen LogP contribution in [0.5, 0.6) is 0 Å². The highest BCUT2D eigenvalue weighted by atomic mass is 35.5. The fourth-order valence-corrected chi connectivity index (χ4v) is 2.62. The van der Waals surface area contributed by atoms with Crippen LogP contribution in [0.25, 0.3) is 11.1 Å². The summed E-state index contributed by atoms with van der Waals surface area (Å²) >= 11 is 6.44. The van der Waals surface area contributed by atoms with Crippen LogP contribution in [0.2, 0.25) is 5.02 Å². The smallest absolute Gasteiger partial charge is 0.0459 e. The van der Waals surface area contributed by atoms with E-state index in [1.54, 1.807) is 0 Å². The van der Waals surface area contributed by atoms with Crippen LogP contribution in [-0.4, -0.2) is 6.54 Å². The summed E-state index contributed by atoms with van der Waals surface area (Å²) in [5.74, 6) is 0. The molecule has 2 heteroatoms. The minimum Gasteiger partial charge on any atom is -0.310 e. The lowest BCUT2D eigenvalue weighted by Gasteiger charge is -2.16. The van der Waals surface area contributed by atoms with Gasteiger partial charge in [-0.15, -0.1) is 0 Å². The van der Waals surface area contributed by atoms with Gasteiger partial charge in [0, 0.05) is 11.1 Å². The molecule has 106 valence electrons. The maximum absolute atomic E-state index is 6.44. The van der Waals surface area contributed by atoms with Crippen molar-refractivity contribution in [3.05, 3.63) is 58.6 Å². The predicted molar refractivity (Wildman–Crippen MR) is 88.3 cm³/mol. The Morgan fingerprint density at radius 1 is 1.05 bits per heavy atom. The topological polar surface area (TPSA) is 12.0 Å². The van der Waals surface area contributed by atoms with Crippen molar-refractivity contribution < 1.29 is 0 Å². The zero-order valence-corrected chi connectivity index (χ0v) is 13.2. The Morgan fingerprint density at radius 2 is 1.70 bits per heavy atom. The third kappa shape index (κ3) is 3.62. The minimum atomic E-state index is 0.287. The van der Waals surface area contributed by atoms with E-state index in [1.165, 1.54) is 16.7 Å². The summed E-state index contributed by atoms with van der Waals surface area (Å²) < 4.78 is 0. The molecule has 0 bridgehead atoms. The summed E-state index contributed by atoms with van der Waals surface area (Å²) in [5.41, 5.74) is 4.81. The van der Waals surface area contributed by atoms with Gasteiger partial charge in [0.25, 0.3) is 0 Å². The molecule has 0 aliphatic carbocycles. The molecule has 0 saturated heterocycles. The predicted octanol–water partition coefficient (Wildman–Crippen LogP) is 5.38. The molecule has 1 N–H and O–H groups in total. The molecule has 0 aromatic heterocycles. The first-order valence-electron chi connectivity index (χ1n) is 7.21. The van der Waals surface area contributed by atoms with Crippen molar-refractivity contribution in [1.29, 1.82) is 0 Å². The molecule has 1 unspecified atom stereocenters. The molecule has 0 aliphatic rings. The van der Waals surface area contributed by atoms with E-state index in [4.69, 9.17) is 11.6 Å². The summed E-state index contributed by atoms with van der Waals surface area (Å²) in [7, 11) is 0. The maximum atomic E-state index is 6.44. The highest BCUT2D eigenvalue weighted by molar-refractivity contribution is 6.31. The van der Waals surface area contributed by atoms with Crippen molar-refractivity contribution >= 4 is 11.6 Å². The number of hydrogen-bond donors (Lipinski definition) is 1. The molecule has 0 radical (unpaired) electrons. The van der Waals surface area contributed by atoms with Crippen LogP contribution in [0.4, 0.5) is 0 Å². The van der Waals surface area contributed by atoms with E-state index in [0.717, 1.165) is 23.6 Å². The third-order valence-electron chi connectivity index (χ3n) is 3.55. The Labute approximate surface area is 127 Å². The fraction of sp³-hybridized carbons (Fsp3) is 0.333. The largest absolute Gasteiger partial charge is 0.310 e. The number of rotatable bonds is 5. The Kier molecular flexibility index (Phi) is 5.22. The Bertz CT molecular complexity index is 560. The van der Waals surface area contributed by atoms with E-state index >= 15 is 0 Å². The molecule has 0 spiro atoms. The van der Waals surface area contributed by atoms with E-state index in [2.05, 4.69) is 68.6 Å². The summed E-state index contributed by atoms with van der Waals surface area (Å²) in [6.07, 6.45) is 1.13. The first kappa shape index (κ1) is 15.1. The van der Waals surface area contributed by atoms with Gasteiger partial charge in [-0.3, -0.25) is 0 Å². The third-order valence-corrected chi connectivity index (χ3v) is 3.88. The molecule has 0 saturated carbocycles. The highest BCUT2D eigenvalue weighted by Crippen LogP contribution is 2.29. The van der Waals surface area contributed by atoms with Crippen LogP contribution in [-0.2, 0) is 0 Å². The number of benzene rings is 2. The van der Waals surface area contributed by atoms with Gasteiger partial charge >= 0.3 is 0 Å². The van der Waals surface area contributed by atoms with E-state index in [0.29, 0.717) is 0 Å². The Morgan fingerprint density at radius 3 is 2.30 bits per heavy atom. The lowest BCUT2D eigenvalue weighted by Crippen LogP contribution is -2.19. The van der Waals surface area contributed by atoms with Crippen LogP contribution < -0.4 is 5.32 Å². The molecule has 0 aliphatic heterocycles. The van der Waals surface area contributed by atoms with Crippen molar-refractivity contribution in [2.24, 2.45) is 0 Å². The fourth-order valence-electron chi connectivity index (χ4n) is 2.27. The van der Waals surface area contributed by atoms with E-state index in [1.807, 2.05) is 0 Å². The molecule has 20 heavy (non-hydrogen) atoms. The number of halogens is 1. The standard InChI is InChI=1S/C18H22ClN/c1-4-11-20-14(3)17-10-9-16(12-18(17)19)15-7-5-13(2)6-8-15/h5-10,12,14,20H,4,11H2,1-3H3. The van der Waals surface area contributed by atoms with Gasteiger partial charge in [0.05, 0.1) is 0 Å².